The van der Waals surface area contributed by atoms with Crippen LogP contribution in [0, 0.1) is 0 Å². The van der Waals surface area contributed by atoms with Crippen LogP contribution in [0.4, 0.5) is 5.69 Å². The van der Waals surface area contributed by atoms with Gasteiger partial charge in [-0.15, -0.1) is 0 Å². The fraction of sp³-hybridized carbons (Fsp3) is 0.200. The first-order chi connectivity index (χ1) is 8.53. The van der Waals surface area contributed by atoms with Crippen LogP contribution in [0.15, 0.2) is 35.6 Å². The molecular formula is C10H13N5O2S. The highest BCUT2D eigenvalue weighted by Crippen LogP contribution is 2.17. The molecular weight excluding hydrogens is 254 g/mol. The molecule has 3 N–H and O–H groups in total. The van der Waals surface area contributed by atoms with Gasteiger partial charge in [-0.1, -0.05) is 0 Å². The van der Waals surface area contributed by atoms with E-state index in [9.17, 15) is 8.42 Å². The SMILES string of the molecule is Cn1cc(NS(=O)(=O)c2cccnc2CN)cn1. The Morgan fingerprint density at radius 2 is 2.28 bits per heavy atom. The van der Waals surface area contributed by atoms with Crippen LogP contribution in [0.3, 0.4) is 0 Å². The third kappa shape index (κ3) is 2.49. The van der Waals surface area contributed by atoms with Crippen molar-refractivity contribution in [2.45, 2.75) is 11.4 Å². The maximum Gasteiger partial charge on any atom is 0.263 e. The van der Waals surface area contributed by atoms with E-state index in [0.717, 1.165) is 0 Å². The molecule has 0 atom stereocenters. The van der Waals surface area contributed by atoms with Crippen molar-refractivity contribution in [3.8, 4) is 0 Å². The number of hydrogen-bond acceptors (Lipinski definition) is 5. The standard InChI is InChI=1S/C10H13N5O2S/c1-15-7-8(6-13-15)14-18(16,17)10-3-2-4-12-9(10)5-11/h2-4,6-7,14H,5,11H2,1H3. The third-order valence-corrected chi connectivity index (χ3v) is 3.74. The molecule has 2 aromatic heterocycles. The Hall–Kier alpha value is -1.93. The molecule has 0 unspecified atom stereocenters. The van der Waals surface area contributed by atoms with Crippen molar-refractivity contribution < 1.29 is 8.42 Å². The highest BCUT2D eigenvalue weighted by molar-refractivity contribution is 7.92. The number of sulfonamides is 1. The number of aryl methyl sites for hydroxylation is 1. The van der Waals surface area contributed by atoms with Gasteiger partial charge in [0, 0.05) is 26.0 Å². The highest BCUT2D eigenvalue weighted by Gasteiger charge is 2.19. The largest absolute Gasteiger partial charge is 0.325 e. The topological polar surface area (TPSA) is 103 Å². The summed E-state index contributed by atoms with van der Waals surface area (Å²) in [6.07, 6.45) is 4.50. The molecule has 0 aliphatic carbocycles. The van der Waals surface area contributed by atoms with Crippen LogP contribution in [-0.2, 0) is 23.6 Å². The predicted molar refractivity (Wildman–Crippen MR) is 66.1 cm³/mol. The maximum atomic E-state index is 12.1. The number of nitrogens with two attached hydrogens (primary N) is 1. The number of pyridine rings is 1. The van der Waals surface area contributed by atoms with Gasteiger partial charge in [0.2, 0.25) is 0 Å². The summed E-state index contributed by atoms with van der Waals surface area (Å²) >= 11 is 0. The number of hydrogen-bond donors (Lipinski definition) is 2. The van der Waals surface area contributed by atoms with Gasteiger partial charge in [0.15, 0.2) is 0 Å². The second kappa shape index (κ2) is 4.75. The molecule has 8 heteroatoms. The van der Waals surface area contributed by atoms with Crippen molar-refractivity contribution in [3.63, 3.8) is 0 Å². The summed E-state index contributed by atoms with van der Waals surface area (Å²) in [4.78, 5) is 4.03. The average molecular weight is 267 g/mol. The fourth-order valence-corrected chi connectivity index (χ4v) is 2.73. The molecule has 2 heterocycles. The quantitative estimate of drug-likeness (QED) is 0.816. The zero-order valence-corrected chi connectivity index (χ0v) is 10.6. The second-order valence-electron chi connectivity index (χ2n) is 3.66. The van der Waals surface area contributed by atoms with E-state index in [2.05, 4.69) is 14.8 Å². The van der Waals surface area contributed by atoms with Crippen LogP contribution >= 0.6 is 0 Å². The molecule has 2 aromatic rings. The van der Waals surface area contributed by atoms with Gasteiger partial charge in [-0.25, -0.2) is 8.42 Å². The first-order valence-corrected chi connectivity index (χ1v) is 6.66. The zero-order chi connectivity index (χ0) is 13.2. The molecule has 96 valence electrons. The summed E-state index contributed by atoms with van der Waals surface area (Å²) < 4.78 is 28.2. The van der Waals surface area contributed by atoms with Crippen molar-refractivity contribution >= 4 is 15.7 Å². The number of rotatable bonds is 4. The summed E-state index contributed by atoms with van der Waals surface area (Å²) in [5, 5.41) is 3.89. The van der Waals surface area contributed by atoms with Crippen molar-refractivity contribution in [3.05, 3.63) is 36.4 Å². The second-order valence-corrected chi connectivity index (χ2v) is 5.31. The minimum absolute atomic E-state index is 0.0596. The summed E-state index contributed by atoms with van der Waals surface area (Å²) in [5.41, 5.74) is 6.19. The monoisotopic (exact) mass is 267 g/mol. The molecule has 0 amide bonds. The summed E-state index contributed by atoms with van der Waals surface area (Å²) in [6.45, 7) is 0.0596. The molecule has 18 heavy (non-hydrogen) atoms. The van der Waals surface area contributed by atoms with Crippen LogP contribution in [0.1, 0.15) is 5.69 Å². The lowest BCUT2D eigenvalue weighted by Crippen LogP contribution is -2.16. The lowest BCUT2D eigenvalue weighted by molar-refractivity contribution is 0.599. The molecule has 0 aliphatic heterocycles. The van der Waals surface area contributed by atoms with Crippen molar-refractivity contribution in [2.24, 2.45) is 12.8 Å². The summed E-state index contributed by atoms with van der Waals surface area (Å²) in [6, 6.07) is 3.02. The molecule has 0 aliphatic rings. The van der Waals surface area contributed by atoms with E-state index >= 15 is 0 Å². The Bertz CT molecular complexity index is 650. The molecule has 0 saturated heterocycles. The third-order valence-electron chi connectivity index (χ3n) is 2.29. The lowest BCUT2D eigenvalue weighted by atomic mass is 10.3. The van der Waals surface area contributed by atoms with E-state index in [1.807, 2.05) is 0 Å². The van der Waals surface area contributed by atoms with Gasteiger partial charge in [-0.05, 0) is 12.1 Å². The number of anilines is 1. The number of aromatic nitrogens is 3. The summed E-state index contributed by atoms with van der Waals surface area (Å²) in [5.74, 6) is 0. The fourth-order valence-electron chi connectivity index (χ4n) is 1.51. The predicted octanol–water partition coefficient (Wildman–Crippen LogP) is 0.0746. The van der Waals surface area contributed by atoms with E-state index in [-0.39, 0.29) is 11.4 Å². The van der Waals surface area contributed by atoms with Crippen LogP contribution in [0.5, 0.6) is 0 Å². The van der Waals surface area contributed by atoms with E-state index < -0.39 is 10.0 Å². The van der Waals surface area contributed by atoms with Gasteiger partial charge in [0.25, 0.3) is 10.0 Å². The van der Waals surface area contributed by atoms with Gasteiger partial charge in [0.1, 0.15) is 4.90 Å². The Balaban J connectivity index is 2.36. The minimum Gasteiger partial charge on any atom is -0.325 e. The Kier molecular flexibility index (Phi) is 3.30. The smallest absolute Gasteiger partial charge is 0.263 e. The maximum absolute atomic E-state index is 12.1. The zero-order valence-electron chi connectivity index (χ0n) is 9.74. The lowest BCUT2D eigenvalue weighted by Gasteiger charge is -2.08. The van der Waals surface area contributed by atoms with E-state index in [1.165, 1.54) is 23.1 Å². The van der Waals surface area contributed by atoms with Crippen LogP contribution < -0.4 is 10.5 Å². The van der Waals surface area contributed by atoms with Crippen molar-refractivity contribution in [2.75, 3.05) is 4.72 Å². The van der Waals surface area contributed by atoms with Gasteiger partial charge >= 0.3 is 0 Å². The Labute approximate surface area is 105 Å². The Morgan fingerprint density at radius 1 is 1.50 bits per heavy atom. The van der Waals surface area contributed by atoms with Gasteiger partial charge in [-0.3, -0.25) is 14.4 Å². The van der Waals surface area contributed by atoms with E-state index in [0.29, 0.717) is 11.4 Å². The molecule has 0 saturated carbocycles. The first-order valence-electron chi connectivity index (χ1n) is 5.18. The van der Waals surface area contributed by atoms with Crippen LogP contribution in [-0.4, -0.2) is 23.2 Å². The molecule has 2 rings (SSSR count). The molecule has 7 nitrogen and oxygen atoms in total. The van der Waals surface area contributed by atoms with Gasteiger partial charge in [-0.2, -0.15) is 5.10 Å². The molecule has 0 fully saturated rings. The van der Waals surface area contributed by atoms with Crippen LogP contribution in [0.2, 0.25) is 0 Å². The summed E-state index contributed by atoms with van der Waals surface area (Å²) in [7, 11) is -1.99. The van der Waals surface area contributed by atoms with E-state index in [1.54, 1.807) is 19.3 Å². The van der Waals surface area contributed by atoms with E-state index in [4.69, 9.17) is 5.73 Å². The van der Waals surface area contributed by atoms with Gasteiger partial charge in [0.05, 0.1) is 17.6 Å². The molecule has 0 bridgehead atoms. The van der Waals surface area contributed by atoms with Crippen molar-refractivity contribution in [1.82, 2.24) is 14.8 Å². The minimum atomic E-state index is -3.69. The van der Waals surface area contributed by atoms with Crippen LogP contribution in [0.25, 0.3) is 0 Å². The number of nitrogens with zero attached hydrogens (tertiary/aromatic N) is 3. The van der Waals surface area contributed by atoms with Gasteiger partial charge < -0.3 is 5.73 Å². The number of nitrogens with one attached hydrogen (secondary N) is 1. The molecule has 0 radical (unpaired) electrons. The first kappa shape index (κ1) is 12.5. The molecule has 0 spiro atoms. The van der Waals surface area contributed by atoms with Crippen molar-refractivity contribution in [1.29, 1.82) is 0 Å². The highest BCUT2D eigenvalue weighted by atomic mass is 32.2. The normalized spacial score (nSPS) is 11.4. The average Bonchev–Trinajstić information content (AvgIpc) is 2.74. The molecule has 0 aromatic carbocycles. The Morgan fingerprint density at radius 3 is 2.89 bits per heavy atom.